The molecule has 2 aromatic rings. The van der Waals surface area contributed by atoms with Crippen molar-refractivity contribution in [2.24, 2.45) is 0 Å². The highest BCUT2D eigenvalue weighted by Crippen LogP contribution is 2.34. The summed E-state index contributed by atoms with van der Waals surface area (Å²) in [5.41, 5.74) is 1.19. The molecule has 0 saturated heterocycles. The lowest BCUT2D eigenvalue weighted by Gasteiger charge is -2.18. The van der Waals surface area contributed by atoms with Crippen LogP contribution in [0.2, 0.25) is 0 Å². The van der Waals surface area contributed by atoms with Gasteiger partial charge in [-0.3, -0.25) is 4.79 Å². The van der Waals surface area contributed by atoms with Crippen LogP contribution < -0.4 is 19.5 Å². The van der Waals surface area contributed by atoms with Crippen LogP contribution in [0.4, 0.5) is 5.69 Å². The number of rotatable bonds is 6. The van der Waals surface area contributed by atoms with Gasteiger partial charge in [-0.1, -0.05) is 0 Å². The zero-order valence-corrected chi connectivity index (χ0v) is 16.0. The number of amides is 1. The Morgan fingerprint density at radius 2 is 1.93 bits per heavy atom. The normalized spacial score (nSPS) is 12.9. The molecule has 1 aliphatic rings. The number of sulfonamides is 1. The Balaban J connectivity index is 1.69. The third kappa shape index (κ3) is 3.99. The van der Waals surface area contributed by atoms with Crippen LogP contribution in [0.3, 0.4) is 0 Å². The first kappa shape index (κ1) is 19.0. The molecule has 8 nitrogen and oxygen atoms in total. The third-order valence-electron chi connectivity index (χ3n) is 4.10. The maximum absolute atomic E-state index is 12.7. The molecule has 1 heterocycles. The highest BCUT2D eigenvalue weighted by atomic mass is 32.2. The summed E-state index contributed by atoms with van der Waals surface area (Å²) in [6, 6.07) is 9.52. The van der Waals surface area contributed by atoms with Gasteiger partial charge in [0.2, 0.25) is 22.7 Å². The molecule has 2 aromatic carbocycles. The monoisotopic (exact) mass is 392 g/mol. The van der Waals surface area contributed by atoms with Crippen molar-refractivity contribution in [2.75, 3.05) is 32.8 Å². The fraction of sp³-hybridized carbons (Fsp3) is 0.278. The van der Waals surface area contributed by atoms with E-state index in [4.69, 9.17) is 14.2 Å². The van der Waals surface area contributed by atoms with Crippen LogP contribution in [0, 0.1) is 6.92 Å². The summed E-state index contributed by atoms with van der Waals surface area (Å²) < 4.78 is 42.0. The Hall–Kier alpha value is -2.78. The summed E-state index contributed by atoms with van der Waals surface area (Å²) in [5.74, 6) is 1.26. The summed E-state index contributed by atoms with van der Waals surface area (Å²) in [7, 11) is -0.939. The smallest absolute Gasteiger partial charge is 0.243 e. The van der Waals surface area contributed by atoms with Crippen LogP contribution in [0.15, 0.2) is 41.3 Å². The standard InChI is InChI=1S/C18H20N2O6S/c1-12-8-14(5-7-15(12)24-3)27(22,23)20(2)10-18(21)19-13-4-6-16-17(9-13)26-11-25-16/h4-9H,10-11H2,1-3H3,(H,19,21). The van der Waals surface area contributed by atoms with E-state index in [1.165, 1.54) is 26.3 Å². The molecular weight excluding hydrogens is 372 g/mol. The summed E-state index contributed by atoms with van der Waals surface area (Å²) in [6.45, 7) is 1.56. The quantitative estimate of drug-likeness (QED) is 0.808. The molecule has 0 atom stereocenters. The first-order chi connectivity index (χ1) is 12.8. The molecule has 27 heavy (non-hydrogen) atoms. The van der Waals surface area contributed by atoms with Crippen molar-refractivity contribution in [3.05, 3.63) is 42.0 Å². The number of likely N-dealkylation sites (N-methyl/N-ethyl adjacent to an activating group) is 1. The van der Waals surface area contributed by atoms with Crippen LogP contribution in [0.25, 0.3) is 0 Å². The van der Waals surface area contributed by atoms with Crippen LogP contribution >= 0.6 is 0 Å². The van der Waals surface area contributed by atoms with E-state index in [2.05, 4.69) is 5.32 Å². The Morgan fingerprint density at radius 1 is 1.19 bits per heavy atom. The lowest BCUT2D eigenvalue weighted by atomic mass is 10.2. The molecule has 0 radical (unpaired) electrons. The number of hydrogen-bond acceptors (Lipinski definition) is 6. The van der Waals surface area contributed by atoms with Crippen molar-refractivity contribution in [1.82, 2.24) is 4.31 Å². The molecule has 3 rings (SSSR count). The highest BCUT2D eigenvalue weighted by Gasteiger charge is 2.24. The summed E-state index contributed by atoms with van der Waals surface area (Å²) >= 11 is 0. The molecule has 0 aliphatic carbocycles. The number of ether oxygens (including phenoxy) is 3. The molecule has 0 saturated carbocycles. The maximum atomic E-state index is 12.7. The maximum Gasteiger partial charge on any atom is 0.243 e. The third-order valence-corrected chi connectivity index (χ3v) is 5.90. The minimum Gasteiger partial charge on any atom is -0.496 e. The molecule has 1 amide bonds. The molecule has 1 aliphatic heterocycles. The SMILES string of the molecule is COc1ccc(S(=O)(=O)N(C)CC(=O)Nc2ccc3c(c2)OCO3)cc1C. The second kappa shape index (κ2) is 7.45. The second-order valence-electron chi connectivity index (χ2n) is 6.01. The molecule has 0 aromatic heterocycles. The number of carbonyl (C=O) groups is 1. The van der Waals surface area contributed by atoms with Crippen molar-refractivity contribution in [1.29, 1.82) is 0 Å². The molecule has 0 unspecified atom stereocenters. The van der Waals surface area contributed by atoms with Crippen molar-refractivity contribution in [3.63, 3.8) is 0 Å². The summed E-state index contributed by atoms with van der Waals surface area (Å²) in [4.78, 5) is 12.4. The van der Waals surface area contributed by atoms with Gasteiger partial charge in [0.1, 0.15) is 5.75 Å². The lowest BCUT2D eigenvalue weighted by molar-refractivity contribution is -0.116. The van der Waals surface area contributed by atoms with E-state index in [0.29, 0.717) is 28.5 Å². The number of hydrogen-bond donors (Lipinski definition) is 1. The molecule has 1 N–H and O–H groups in total. The molecule has 9 heteroatoms. The predicted molar refractivity (Wildman–Crippen MR) is 98.7 cm³/mol. The van der Waals surface area contributed by atoms with Gasteiger partial charge in [0.05, 0.1) is 18.6 Å². The number of nitrogens with one attached hydrogen (secondary N) is 1. The van der Waals surface area contributed by atoms with E-state index in [1.807, 2.05) is 0 Å². The first-order valence-corrected chi connectivity index (χ1v) is 9.56. The molecule has 144 valence electrons. The van der Waals surface area contributed by atoms with E-state index in [-0.39, 0.29) is 18.2 Å². The minimum absolute atomic E-state index is 0.0965. The van der Waals surface area contributed by atoms with Gasteiger partial charge >= 0.3 is 0 Å². The van der Waals surface area contributed by atoms with Crippen LogP contribution in [0.5, 0.6) is 17.2 Å². The van der Waals surface area contributed by atoms with Gasteiger partial charge in [-0.05, 0) is 42.8 Å². The van der Waals surface area contributed by atoms with Crippen molar-refractivity contribution >= 4 is 21.6 Å². The number of nitrogens with zero attached hydrogens (tertiary/aromatic N) is 1. The highest BCUT2D eigenvalue weighted by molar-refractivity contribution is 7.89. The zero-order chi connectivity index (χ0) is 19.6. The van der Waals surface area contributed by atoms with Gasteiger partial charge in [0.25, 0.3) is 0 Å². The van der Waals surface area contributed by atoms with Gasteiger partial charge in [0, 0.05) is 18.8 Å². The number of anilines is 1. The van der Waals surface area contributed by atoms with E-state index < -0.39 is 15.9 Å². The Kier molecular flexibility index (Phi) is 5.24. The van der Waals surface area contributed by atoms with Crippen molar-refractivity contribution in [2.45, 2.75) is 11.8 Å². The van der Waals surface area contributed by atoms with E-state index >= 15 is 0 Å². The lowest BCUT2D eigenvalue weighted by Crippen LogP contribution is -2.35. The van der Waals surface area contributed by atoms with Crippen molar-refractivity contribution in [3.8, 4) is 17.2 Å². The number of carbonyl (C=O) groups excluding carboxylic acids is 1. The molecule has 0 bridgehead atoms. The average Bonchev–Trinajstić information content (AvgIpc) is 3.09. The average molecular weight is 392 g/mol. The molecule has 0 fully saturated rings. The van der Waals surface area contributed by atoms with Gasteiger partial charge in [-0.25, -0.2) is 8.42 Å². The van der Waals surface area contributed by atoms with Gasteiger partial charge in [0.15, 0.2) is 11.5 Å². The fourth-order valence-corrected chi connectivity index (χ4v) is 3.87. The van der Waals surface area contributed by atoms with Gasteiger partial charge in [-0.15, -0.1) is 0 Å². The summed E-state index contributed by atoms with van der Waals surface area (Å²) in [5, 5.41) is 2.66. The Bertz CT molecular complexity index is 974. The molecular formula is C18H20N2O6S. The van der Waals surface area contributed by atoms with E-state index in [0.717, 1.165) is 4.31 Å². The second-order valence-corrected chi connectivity index (χ2v) is 8.05. The Labute approximate surface area is 157 Å². The topological polar surface area (TPSA) is 94.2 Å². The van der Waals surface area contributed by atoms with Crippen LogP contribution in [0.1, 0.15) is 5.56 Å². The fourth-order valence-electron chi connectivity index (χ4n) is 2.65. The van der Waals surface area contributed by atoms with E-state index in [9.17, 15) is 13.2 Å². The number of methoxy groups -OCH3 is 1. The van der Waals surface area contributed by atoms with Gasteiger partial charge < -0.3 is 19.5 Å². The van der Waals surface area contributed by atoms with Gasteiger partial charge in [-0.2, -0.15) is 4.31 Å². The number of fused-ring (bicyclic) bond motifs is 1. The van der Waals surface area contributed by atoms with Crippen molar-refractivity contribution < 1.29 is 27.4 Å². The minimum atomic E-state index is -3.81. The molecule has 0 spiro atoms. The summed E-state index contributed by atoms with van der Waals surface area (Å²) in [6.07, 6.45) is 0. The van der Waals surface area contributed by atoms with E-state index in [1.54, 1.807) is 31.2 Å². The largest absolute Gasteiger partial charge is 0.496 e. The Morgan fingerprint density at radius 3 is 2.63 bits per heavy atom. The first-order valence-electron chi connectivity index (χ1n) is 8.12. The zero-order valence-electron chi connectivity index (χ0n) is 15.2. The predicted octanol–water partition coefficient (Wildman–Crippen LogP) is 1.99. The number of aryl methyl sites for hydroxylation is 1. The number of benzene rings is 2. The van der Waals surface area contributed by atoms with Crippen LogP contribution in [-0.2, 0) is 14.8 Å². The van der Waals surface area contributed by atoms with Crippen LogP contribution in [-0.4, -0.2) is 46.1 Å².